The number of ether oxygens (including phenoxy) is 2. The summed E-state index contributed by atoms with van der Waals surface area (Å²) >= 11 is 0. The van der Waals surface area contributed by atoms with Gasteiger partial charge in [0.2, 0.25) is 5.78 Å². The summed E-state index contributed by atoms with van der Waals surface area (Å²) in [5.41, 5.74) is 0.225. The van der Waals surface area contributed by atoms with Gasteiger partial charge in [0.05, 0.1) is 30.7 Å². The number of anilines is 1. The largest absolute Gasteiger partial charge is 0.497 e. The first-order valence-electron chi connectivity index (χ1n) is 12.7. The SMILES string of the molecule is CCOC(=O)c1nnn(Cc2ccc(OC)cc2)c1C(O)C(=O)c1ccc(NC(=O)c2ccc(C)cc2)cc1[N+](=O)[O-]. The fraction of sp³-hybridized carbons (Fsp3) is 0.207. The summed E-state index contributed by atoms with van der Waals surface area (Å²) in [6.45, 7) is 3.44. The fourth-order valence-electron chi connectivity index (χ4n) is 4.11. The third-order valence-electron chi connectivity index (χ3n) is 6.27. The molecule has 0 saturated carbocycles. The number of aromatic nitrogens is 3. The Morgan fingerprint density at radius 2 is 1.76 bits per heavy atom. The number of nitro benzene ring substituents is 1. The van der Waals surface area contributed by atoms with E-state index in [4.69, 9.17) is 9.47 Å². The van der Waals surface area contributed by atoms with Gasteiger partial charge < -0.3 is 19.9 Å². The van der Waals surface area contributed by atoms with E-state index in [-0.39, 0.29) is 24.5 Å². The summed E-state index contributed by atoms with van der Waals surface area (Å²) in [5.74, 6) is -1.91. The van der Waals surface area contributed by atoms with E-state index in [1.807, 2.05) is 6.92 Å². The number of hydrogen-bond acceptors (Lipinski definition) is 10. The summed E-state index contributed by atoms with van der Waals surface area (Å²) in [5, 5.41) is 33.5. The molecule has 0 aliphatic carbocycles. The molecule has 1 amide bonds. The van der Waals surface area contributed by atoms with Crippen LogP contribution in [-0.2, 0) is 11.3 Å². The third-order valence-corrected chi connectivity index (χ3v) is 6.27. The monoisotopic (exact) mass is 573 g/mol. The molecule has 0 radical (unpaired) electrons. The van der Waals surface area contributed by atoms with Crippen molar-refractivity contribution < 1.29 is 33.9 Å². The first-order valence-corrected chi connectivity index (χ1v) is 12.7. The van der Waals surface area contributed by atoms with Crippen molar-refractivity contribution in [3.8, 4) is 5.75 Å². The molecule has 42 heavy (non-hydrogen) atoms. The molecule has 13 nitrogen and oxygen atoms in total. The minimum absolute atomic E-state index is 0.00213. The van der Waals surface area contributed by atoms with Crippen LogP contribution in [0.25, 0.3) is 0 Å². The quantitative estimate of drug-likeness (QED) is 0.116. The van der Waals surface area contributed by atoms with Crippen LogP contribution in [0.15, 0.2) is 66.7 Å². The van der Waals surface area contributed by atoms with Crippen LogP contribution in [0.4, 0.5) is 11.4 Å². The van der Waals surface area contributed by atoms with Crippen LogP contribution in [0.5, 0.6) is 5.75 Å². The highest BCUT2D eigenvalue weighted by molar-refractivity contribution is 6.07. The second-order valence-corrected chi connectivity index (χ2v) is 9.13. The lowest BCUT2D eigenvalue weighted by molar-refractivity contribution is -0.385. The normalized spacial score (nSPS) is 11.4. The van der Waals surface area contributed by atoms with Gasteiger partial charge in [-0.15, -0.1) is 5.10 Å². The molecule has 4 rings (SSSR count). The van der Waals surface area contributed by atoms with Crippen molar-refractivity contribution >= 4 is 29.0 Å². The van der Waals surface area contributed by atoms with Crippen molar-refractivity contribution in [1.82, 2.24) is 15.0 Å². The number of nitrogens with one attached hydrogen (secondary N) is 1. The zero-order valence-corrected chi connectivity index (χ0v) is 22.9. The van der Waals surface area contributed by atoms with E-state index in [1.165, 1.54) is 13.2 Å². The number of ketones is 1. The zero-order chi connectivity index (χ0) is 30.4. The number of nitro groups is 1. The molecule has 0 fully saturated rings. The number of hydrogen-bond donors (Lipinski definition) is 2. The molecule has 1 unspecified atom stereocenters. The van der Waals surface area contributed by atoms with Crippen LogP contribution in [0.1, 0.15) is 61.1 Å². The predicted molar refractivity (Wildman–Crippen MR) is 150 cm³/mol. The number of carbonyl (C=O) groups is 3. The maximum atomic E-state index is 13.5. The molecule has 4 aromatic rings. The molecule has 1 atom stereocenters. The van der Waals surface area contributed by atoms with E-state index < -0.39 is 45.6 Å². The van der Waals surface area contributed by atoms with Gasteiger partial charge in [-0.2, -0.15) is 0 Å². The molecular weight excluding hydrogens is 546 g/mol. The molecular formula is C29H27N5O8. The molecule has 0 bridgehead atoms. The molecule has 0 saturated heterocycles. The molecule has 0 aliphatic rings. The first-order chi connectivity index (χ1) is 20.1. The van der Waals surface area contributed by atoms with E-state index in [2.05, 4.69) is 15.6 Å². The van der Waals surface area contributed by atoms with Crippen molar-refractivity contribution in [3.05, 3.63) is 110 Å². The Balaban J connectivity index is 1.67. The number of aryl methyl sites for hydroxylation is 1. The van der Waals surface area contributed by atoms with Crippen LogP contribution >= 0.6 is 0 Å². The van der Waals surface area contributed by atoms with Crippen LogP contribution in [0.3, 0.4) is 0 Å². The Morgan fingerprint density at radius 1 is 1.07 bits per heavy atom. The summed E-state index contributed by atoms with van der Waals surface area (Å²) in [7, 11) is 1.52. The van der Waals surface area contributed by atoms with Gasteiger partial charge in [-0.1, -0.05) is 35.0 Å². The minimum atomic E-state index is -2.07. The van der Waals surface area contributed by atoms with Crippen LogP contribution in [0.2, 0.25) is 0 Å². The molecule has 216 valence electrons. The number of aliphatic hydroxyl groups excluding tert-OH is 1. The lowest BCUT2D eigenvalue weighted by Crippen LogP contribution is -2.22. The molecule has 3 aromatic carbocycles. The number of esters is 1. The maximum Gasteiger partial charge on any atom is 0.360 e. The number of aliphatic hydroxyl groups is 1. The Labute approximate surface area is 239 Å². The van der Waals surface area contributed by atoms with Gasteiger partial charge in [-0.05, 0) is 55.8 Å². The molecule has 13 heteroatoms. The number of amides is 1. The number of benzene rings is 3. The number of carbonyl (C=O) groups excluding carboxylic acids is 3. The zero-order valence-electron chi connectivity index (χ0n) is 22.9. The standard InChI is InChI=1S/C29H27N5O8/c1-4-42-29(38)24-25(33(32-31-24)16-18-7-12-21(41-3)13-8-18)27(36)26(35)22-14-11-20(15-23(22)34(39)40)30-28(37)19-9-5-17(2)6-10-19/h5-15,27,36H,4,16H2,1-3H3,(H,30,37). The average molecular weight is 574 g/mol. The molecule has 0 aliphatic heterocycles. The second-order valence-electron chi connectivity index (χ2n) is 9.13. The lowest BCUT2D eigenvalue weighted by atomic mass is 10.00. The number of nitrogens with zero attached hydrogens (tertiary/aromatic N) is 4. The molecule has 1 heterocycles. The summed E-state index contributed by atoms with van der Waals surface area (Å²) in [4.78, 5) is 49.9. The van der Waals surface area contributed by atoms with Gasteiger partial charge in [-0.25, -0.2) is 9.48 Å². The molecule has 2 N–H and O–H groups in total. The second kappa shape index (κ2) is 12.8. The minimum Gasteiger partial charge on any atom is -0.497 e. The number of rotatable bonds is 11. The third kappa shape index (κ3) is 6.47. The highest BCUT2D eigenvalue weighted by Gasteiger charge is 2.34. The van der Waals surface area contributed by atoms with Crippen molar-refractivity contribution in [1.29, 1.82) is 0 Å². The number of methoxy groups -OCH3 is 1. The van der Waals surface area contributed by atoms with Gasteiger partial charge >= 0.3 is 5.97 Å². The lowest BCUT2D eigenvalue weighted by Gasteiger charge is -2.14. The van der Waals surface area contributed by atoms with Crippen LogP contribution < -0.4 is 10.1 Å². The van der Waals surface area contributed by atoms with Crippen molar-refractivity contribution in [2.75, 3.05) is 19.0 Å². The average Bonchev–Trinajstić information content (AvgIpc) is 3.40. The van der Waals surface area contributed by atoms with Gasteiger partial charge in [0.1, 0.15) is 11.4 Å². The van der Waals surface area contributed by atoms with E-state index in [0.717, 1.165) is 22.4 Å². The van der Waals surface area contributed by atoms with E-state index in [1.54, 1.807) is 55.5 Å². The van der Waals surface area contributed by atoms with Gasteiger partial charge in [0.25, 0.3) is 11.6 Å². The van der Waals surface area contributed by atoms with Crippen molar-refractivity contribution in [2.24, 2.45) is 0 Å². The van der Waals surface area contributed by atoms with Crippen molar-refractivity contribution in [2.45, 2.75) is 26.5 Å². The van der Waals surface area contributed by atoms with Crippen molar-refractivity contribution in [3.63, 3.8) is 0 Å². The Hall–Kier alpha value is -5.43. The van der Waals surface area contributed by atoms with E-state index >= 15 is 0 Å². The highest BCUT2D eigenvalue weighted by Crippen LogP contribution is 2.30. The summed E-state index contributed by atoms with van der Waals surface area (Å²) < 4.78 is 11.3. The molecule has 0 spiro atoms. The van der Waals surface area contributed by atoms with Gasteiger partial charge in [0.15, 0.2) is 11.8 Å². The molecule has 1 aromatic heterocycles. The van der Waals surface area contributed by atoms with Crippen LogP contribution in [0, 0.1) is 17.0 Å². The Kier molecular flexibility index (Phi) is 9.02. The topological polar surface area (TPSA) is 176 Å². The smallest absolute Gasteiger partial charge is 0.360 e. The summed E-state index contributed by atoms with van der Waals surface area (Å²) in [6, 6.07) is 17.0. The first kappa shape index (κ1) is 29.6. The number of Topliss-reactive ketones (excluding diaryl/α,β-unsaturated/α-hetero) is 1. The van der Waals surface area contributed by atoms with Crippen LogP contribution in [-0.4, -0.2) is 56.4 Å². The maximum absolute atomic E-state index is 13.5. The Bertz CT molecular complexity index is 1630. The fourth-order valence-corrected chi connectivity index (χ4v) is 4.11. The predicted octanol–water partition coefficient (Wildman–Crippen LogP) is 3.90. The van der Waals surface area contributed by atoms with E-state index in [0.29, 0.717) is 16.9 Å². The Morgan fingerprint density at radius 3 is 2.38 bits per heavy atom. The van der Waals surface area contributed by atoms with Gasteiger partial charge in [0, 0.05) is 17.3 Å². The highest BCUT2D eigenvalue weighted by atomic mass is 16.6. The van der Waals surface area contributed by atoms with E-state index in [9.17, 15) is 29.6 Å². The summed E-state index contributed by atoms with van der Waals surface area (Å²) in [6.07, 6.45) is -2.07. The van der Waals surface area contributed by atoms with Gasteiger partial charge in [-0.3, -0.25) is 19.7 Å².